The summed E-state index contributed by atoms with van der Waals surface area (Å²) >= 11 is 3.80. The van der Waals surface area contributed by atoms with Crippen molar-refractivity contribution in [1.29, 1.82) is 0 Å². The zero-order chi connectivity index (χ0) is 14.3. The van der Waals surface area contributed by atoms with E-state index >= 15 is 0 Å². The van der Waals surface area contributed by atoms with Gasteiger partial charge in [-0.1, -0.05) is 0 Å². The summed E-state index contributed by atoms with van der Waals surface area (Å²) in [6, 6.07) is -1.14. The van der Waals surface area contributed by atoms with E-state index < -0.39 is 43.7 Å². The van der Waals surface area contributed by atoms with Crippen LogP contribution in [0.2, 0.25) is 0 Å². The number of hydrogen-bond acceptors (Lipinski definition) is 4. The molecule has 0 rings (SSSR count). The maximum absolute atomic E-state index is 12.2. The van der Waals surface area contributed by atoms with Crippen molar-refractivity contribution in [3.8, 4) is 0 Å². The maximum Gasteiger partial charge on any atom is 0.406 e. The molecular formula is C9H15F3N2O3S. The Morgan fingerprint density at radius 2 is 2.00 bits per heavy atom. The number of thiol groups is 1. The van der Waals surface area contributed by atoms with Gasteiger partial charge in [-0.15, -0.1) is 0 Å². The van der Waals surface area contributed by atoms with E-state index in [4.69, 9.17) is 5.11 Å². The third kappa shape index (κ3) is 6.70. The van der Waals surface area contributed by atoms with Crippen LogP contribution in [0.25, 0.3) is 0 Å². The average molecular weight is 288 g/mol. The molecule has 106 valence electrons. The van der Waals surface area contributed by atoms with E-state index in [2.05, 4.69) is 17.9 Å². The van der Waals surface area contributed by atoms with Crippen molar-refractivity contribution in [3.05, 3.63) is 0 Å². The van der Waals surface area contributed by atoms with Crippen molar-refractivity contribution in [2.75, 3.05) is 25.4 Å². The van der Waals surface area contributed by atoms with Gasteiger partial charge in [-0.05, 0) is 0 Å². The summed E-state index contributed by atoms with van der Waals surface area (Å²) in [4.78, 5) is 23.0. The molecule has 2 amide bonds. The lowest BCUT2D eigenvalue weighted by atomic mass is 10.2. The number of amides is 2. The number of rotatable bonds is 6. The number of halogens is 3. The van der Waals surface area contributed by atoms with Gasteiger partial charge in [0.25, 0.3) is 0 Å². The van der Waals surface area contributed by atoms with Gasteiger partial charge in [0.1, 0.15) is 12.6 Å². The lowest BCUT2D eigenvalue weighted by Crippen LogP contribution is -2.52. The maximum atomic E-state index is 12.2. The van der Waals surface area contributed by atoms with Gasteiger partial charge in [0, 0.05) is 19.2 Å². The van der Waals surface area contributed by atoms with Gasteiger partial charge in [0.05, 0.1) is 6.61 Å². The van der Waals surface area contributed by atoms with Gasteiger partial charge in [-0.25, -0.2) is 0 Å². The number of nitrogens with zero attached hydrogens (tertiary/aromatic N) is 1. The molecule has 18 heavy (non-hydrogen) atoms. The molecule has 0 aromatic heterocycles. The molecule has 0 aliphatic rings. The summed E-state index contributed by atoms with van der Waals surface area (Å²) in [5.41, 5.74) is 0. The number of aliphatic hydroxyl groups is 1. The third-order valence-corrected chi connectivity index (χ3v) is 2.28. The van der Waals surface area contributed by atoms with Gasteiger partial charge in [0.2, 0.25) is 11.8 Å². The van der Waals surface area contributed by atoms with Crippen LogP contribution in [0, 0.1) is 0 Å². The number of alkyl halides is 3. The van der Waals surface area contributed by atoms with E-state index in [1.807, 2.05) is 0 Å². The van der Waals surface area contributed by atoms with Gasteiger partial charge in [0.15, 0.2) is 0 Å². The van der Waals surface area contributed by atoms with Crippen LogP contribution in [0.1, 0.15) is 6.92 Å². The van der Waals surface area contributed by atoms with Crippen molar-refractivity contribution < 1.29 is 27.9 Å². The van der Waals surface area contributed by atoms with E-state index in [9.17, 15) is 22.8 Å². The monoisotopic (exact) mass is 288 g/mol. The van der Waals surface area contributed by atoms with Gasteiger partial charge < -0.3 is 15.3 Å². The number of aliphatic hydroxyl groups excluding tert-OH is 1. The number of carbonyl (C=O) groups excluding carboxylic acids is 2. The first-order valence-corrected chi connectivity index (χ1v) is 5.69. The number of carbonyl (C=O) groups is 2. The van der Waals surface area contributed by atoms with Gasteiger partial charge in [-0.2, -0.15) is 25.8 Å². The van der Waals surface area contributed by atoms with Crippen molar-refractivity contribution in [2.45, 2.75) is 19.1 Å². The molecule has 0 bridgehead atoms. The van der Waals surface area contributed by atoms with E-state index in [1.54, 1.807) is 0 Å². The van der Waals surface area contributed by atoms with Crippen LogP contribution in [0.3, 0.4) is 0 Å². The van der Waals surface area contributed by atoms with E-state index in [0.29, 0.717) is 4.90 Å². The summed E-state index contributed by atoms with van der Waals surface area (Å²) in [5.74, 6) is -1.59. The van der Waals surface area contributed by atoms with Gasteiger partial charge >= 0.3 is 6.18 Å². The highest BCUT2D eigenvalue weighted by Gasteiger charge is 2.35. The summed E-state index contributed by atoms with van der Waals surface area (Å²) in [7, 11) is 0. The van der Waals surface area contributed by atoms with Crippen molar-refractivity contribution in [2.24, 2.45) is 0 Å². The molecule has 2 N–H and O–H groups in total. The Labute approximate surface area is 108 Å². The molecule has 1 atom stereocenters. The molecule has 0 aliphatic heterocycles. The standard InChI is InChI=1S/C9H15F3N2O3S/c1-6(16)13-7(4-18)8(17)14(2-3-15)5-9(10,11)12/h7,15,18H,2-5H2,1H3,(H,13,16). The molecule has 5 nitrogen and oxygen atoms in total. The number of hydrogen-bond donors (Lipinski definition) is 3. The Kier molecular flexibility index (Phi) is 7.07. The minimum Gasteiger partial charge on any atom is -0.395 e. The molecule has 0 radical (unpaired) electrons. The Hall–Kier alpha value is -0.960. The molecule has 0 heterocycles. The first-order chi connectivity index (χ1) is 8.21. The topological polar surface area (TPSA) is 69.6 Å². The lowest BCUT2D eigenvalue weighted by Gasteiger charge is -2.27. The molecule has 0 aromatic carbocycles. The Morgan fingerprint density at radius 3 is 2.33 bits per heavy atom. The molecule has 0 spiro atoms. The summed E-state index contributed by atoms with van der Waals surface area (Å²) in [5, 5.41) is 10.8. The molecule has 0 aliphatic carbocycles. The third-order valence-electron chi connectivity index (χ3n) is 1.91. The van der Waals surface area contributed by atoms with Crippen molar-refractivity contribution in [3.63, 3.8) is 0 Å². The summed E-state index contributed by atoms with van der Waals surface area (Å²) in [6.07, 6.45) is -4.57. The smallest absolute Gasteiger partial charge is 0.395 e. The minimum atomic E-state index is -4.57. The van der Waals surface area contributed by atoms with Crippen molar-refractivity contribution in [1.82, 2.24) is 10.2 Å². The highest BCUT2D eigenvalue weighted by atomic mass is 32.1. The van der Waals surface area contributed by atoms with Crippen LogP contribution in [0.4, 0.5) is 13.2 Å². The SMILES string of the molecule is CC(=O)NC(CS)C(=O)N(CCO)CC(F)(F)F. The van der Waals surface area contributed by atoms with Crippen LogP contribution in [0.5, 0.6) is 0 Å². The molecule has 0 saturated carbocycles. The predicted octanol–water partition coefficient (Wildman–Crippen LogP) is -0.196. The Balaban J connectivity index is 4.76. The molecule has 9 heteroatoms. The predicted molar refractivity (Wildman–Crippen MR) is 61.2 cm³/mol. The second-order valence-corrected chi connectivity index (χ2v) is 3.90. The van der Waals surface area contributed by atoms with E-state index in [0.717, 1.165) is 6.92 Å². The second kappa shape index (κ2) is 7.47. The first kappa shape index (κ1) is 17.0. The zero-order valence-electron chi connectivity index (χ0n) is 9.70. The second-order valence-electron chi connectivity index (χ2n) is 3.53. The van der Waals surface area contributed by atoms with Gasteiger partial charge in [-0.3, -0.25) is 9.59 Å². The number of nitrogens with one attached hydrogen (secondary N) is 1. The highest BCUT2D eigenvalue weighted by Crippen LogP contribution is 2.17. The Morgan fingerprint density at radius 1 is 1.44 bits per heavy atom. The largest absolute Gasteiger partial charge is 0.406 e. The normalized spacial score (nSPS) is 13.0. The zero-order valence-corrected chi connectivity index (χ0v) is 10.6. The average Bonchev–Trinajstić information content (AvgIpc) is 2.22. The Bertz CT molecular complexity index is 299. The minimum absolute atomic E-state index is 0.127. The molecule has 0 aromatic rings. The summed E-state index contributed by atoms with van der Waals surface area (Å²) < 4.78 is 36.7. The van der Waals surface area contributed by atoms with Crippen LogP contribution in [-0.4, -0.2) is 59.5 Å². The molecule has 0 saturated heterocycles. The lowest BCUT2D eigenvalue weighted by molar-refractivity contribution is -0.163. The highest BCUT2D eigenvalue weighted by molar-refractivity contribution is 7.80. The summed E-state index contributed by atoms with van der Waals surface area (Å²) in [6.45, 7) is -1.39. The van der Waals surface area contributed by atoms with Crippen molar-refractivity contribution >= 4 is 24.4 Å². The fourth-order valence-electron chi connectivity index (χ4n) is 1.26. The first-order valence-electron chi connectivity index (χ1n) is 5.05. The molecule has 1 unspecified atom stereocenters. The molecule has 0 fully saturated rings. The quantitative estimate of drug-likeness (QED) is 0.593. The van der Waals surface area contributed by atoms with E-state index in [1.165, 1.54) is 0 Å². The fraction of sp³-hybridized carbons (Fsp3) is 0.778. The van der Waals surface area contributed by atoms with Crippen LogP contribution < -0.4 is 5.32 Å². The molecular weight excluding hydrogens is 273 g/mol. The van der Waals surface area contributed by atoms with Crippen LogP contribution in [0.15, 0.2) is 0 Å². The van der Waals surface area contributed by atoms with Crippen LogP contribution >= 0.6 is 12.6 Å². The van der Waals surface area contributed by atoms with E-state index in [-0.39, 0.29) is 5.75 Å². The fourth-order valence-corrected chi connectivity index (χ4v) is 1.50. The van der Waals surface area contributed by atoms with Crippen LogP contribution in [-0.2, 0) is 9.59 Å².